The van der Waals surface area contributed by atoms with E-state index < -0.39 is 0 Å². The summed E-state index contributed by atoms with van der Waals surface area (Å²) in [5.41, 5.74) is 9.93. The van der Waals surface area contributed by atoms with Crippen molar-refractivity contribution in [3.63, 3.8) is 0 Å². The first-order chi connectivity index (χ1) is 26.2. The third kappa shape index (κ3) is 4.80. The van der Waals surface area contributed by atoms with Crippen LogP contribution in [0, 0.1) is 23.7 Å². The first-order valence-electron chi connectivity index (χ1n) is 21.3. The number of carbonyl (C=O) groups excluding carboxylic acids is 2. The average molecular weight is 715 g/mol. The highest BCUT2D eigenvalue weighted by molar-refractivity contribution is 6.06. The van der Waals surface area contributed by atoms with Gasteiger partial charge in [0.05, 0.1) is 0 Å². The molecule has 2 amide bonds. The van der Waals surface area contributed by atoms with Gasteiger partial charge in [-0.25, -0.2) is 0 Å². The Bertz CT molecular complexity index is 1950. The highest BCUT2D eigenvalue weighted by Gasteiger charge is 2.60. The molecule has 19 rings (SSSR count). The molecule has 4 heteroatoms. The molecule has 7 heterocycles. The van der Waals surface area contributed by atoms with Gasteiger partial charge in [0.15, 0.2) is 0 Å². The highest BCUT2D eigenvalue weighted by atomic mass is 16.2. The van der Waals surface area contributed by atoms with Crippen LogP contribution in [0.25, 0.3) is 0 Å². The molecule has 8 saturated carbocycles. The summed E-state index contributed by atoms with van der Waals surface area (Å²) in [7, 11) is 0. The zero-order valence-corrected chi connectivity index (χ0v) is 32.2. The Morgan fingerprint density at radius 3 is 0.944 bits per heavy atom. The number of rotatable bonds is 2. The molecule has 4 aromatic rings. The van der Waals surface area contributed by atoms with Gasteiger partial charge in [0.25, 0.3) is 11.8 Å². The van der Waals surface area contributed by atoms with E-state index in [2.05, 4.69) is 111 Å². The molecule has 4 aromatic carbocycles. The second kappa shape index (κ2) is 11.7. The number of anilines is 2. The number of benzene rings is 4. The lowest BCUT2D eigenvalue weighted by Gasteiger charge is -2.63. The molecule has 8 aliphatic carbocycles. The summed E-state index contributed by atoms with van der Waals surface area (Å²) in [5.74, 6) is 3.13. The van der Waals surface area contributed by atoms with E-state index in [9.17, 15) is 9.59 Å². The molecule has 16 bridgehead atoms. The molecular weight excluding hydrogens is 661 g/mol. The summed E-state index contributed by atoms with van der Waals surface area (Å²) < 4.78 is 0. The van der Waals surface area contributed by atoms with Crippen molar-refractivity contribution in [3.05, 3.63) is 130 Å². The zero-order chi connectivity index (χ0) is 36.5. The van der Waals surface area contributed by atoms with Crippen LogP contribution in [0.1, 0.15) is 134 Å². The molecule has 0 N–H and O–H groups in total. The van der Waals surface area contributed by atoms with Crippen LogP contribution >= 0.6 is 0 Å². The molecule has 4 spiro atoms. The Morgan fingerprint density at radius 1 is 0.426 bits per heavy atom. The standard InChI is InChI=1S/C50H54N2O2/c1-3-51-43-17-13-41(14-18-43)49-27-33-21-34(28-49)26-48(25-33,31-49)40-11-7-38(8-12-40)46(54)52(4-2)44-19-15-42(16-20-44)50-29-35-22-36(30-50)24-47(23-35,32-50)39-9-5-37(6-10-39)45(51)53/h5-20,33-36H,3-4,21-32H2,1-2H3/t33-,34?,35+,36?,47?,48?,49?,50?. The second-order valence-electron chi connectivity index (χ2n) is 19.4. The average Bonchev–Trinajstić information content (AvgIpc) is 3.18. The molecule has 7 aliphatic heterocycles. The topological polar surface area (TPSA) is 40.6 Å². The number of amides is 2. The Labute approximate surface area is 321 Å². The number of carbonyl (C=O) groups is 2. The third-order valence-electron chi connectivity index (χ3n) is 16.3. The quantitative estimate of drug-likeness (QED) is 0.207. The Hall–Kier alpha value is -4.18. The van der Waals surface area contributed by atoms with E-state index in [4.69, 9.17) is 0 Å². The minimum Gasteiger partial charge on any atom is -0.309 e. The van der Waals surface area contributed by atoms with Gasteiger partial charge in [-0.3, -0.25) is 9.59 Å². The third-order valence-corrected chi connectivity index (χ3v) is 16.3. The molecule has 4 nitrogen and oxygen atoms in total. The van der Waals surface area contributed by atoms with Gasteiger partial charge in [0.2, 0.25) is 0 Å². The van der Waals surface area contributed by atoms with Crippen molar-refractivity contribution in [1.82, 2.24) is 0 Å². The molecule has 0 radical (unpaired) electrons. The van der Waals surface area contributed by atoms with E-state index in [1.807, 2.05) is 9.80 Å². The minimum atomic E-state index is 0.0946. The fourth-order valence-corrected chi connectivity index (χ4v) is 15.0. The van der Waals surface area contributed by atoms with Crippen LogP contribution in [0.5, 0.6) is 0 Å². The Balaban J connectivity index is 1.02. The second-order valence-corrected chi connectivity index (χ2v) is 19.4. The van der Waals surface area contributed by atoms with Crippen LogP contribution in [0.15, 0.2) is 97.1 Å². The van der Waals surface area contributed by atoms with Crippen molar-refractivity contribution in [2.24, 2.45) is 23.7 Å². The van der Waals surface area contributed by atoms with Crippen molar-refractivity contribution in [2.45, 2.75) is 113 Å². The summed E-state index contributed by atoms with van der Waals surface area (Å²) >= 11 is 0. The normalized spacial score (nSPS) is 35.9. The van der Waals surface area contributed by atoms with Gasteiger partial charge in [-0.2, -0.15) is 0 Å². The molecule has 8 atom stereocenters. The predicted molar refractivity (Wildman–Crippen MR) is 217 cm³/mol. The van der Waals surface area contributed by atoms with Crippen molar-refractivity contribution in [1.29, 1.82) is 0 Å². The van der Waals surface area contributed by atoms with E-state index in [0.29, 0.717) is 13.1 Å². The molecule has 54 heavy (non-hydrogen) atoms. The smallest absolute Gasteiger partial charge is 0.258 e. The minimum absolute atomic E-state index is 0.0946. The van der Waals surface area contributed by atoms with Crippen LogP contribution in [0.3, 0.4) is 0 Å². The van der Waals surface area contributed by atoms with Crippen molar-refractivity contribution in [2.75, 3.05) is 22.9 Å². The molecule has 0 saturated heterocycles. The monoisotopic (exact) mass is 714 g/mol. The van der Waals surface area contributed by atoms with Crippen LogP contribution in [-0.4, -0.2) is 24.9 Å². The van der Waals surface area contributed by atoms with Gasteiger partial charge in [0, 0.05) is 35.6 Å². The van der Waals surface area contributed by atoms with Gasteiger partial charge in [0.1, 0.15) is 0 Å². The van der Waals surface area contributed by atoms with E-state index in [1.54, 1.807) is 0 Å². The Morgan fingerprint density at radius 2 is 0.685 bits per heavy atom. The maximum atomic E-state index is 14.2. The fourth-order valence-electron chi connectivity index (χ4n) is 15.0. The molecular formula is C50H54N2O2. The van der Waals surface area contributed by atoms with E-state index in [0.717, 1.165) is 46.2 Å². The first kappa shape index (κ1) is 33.2. The zero-order valence-electron chi connectivity index (χ0n) is 32.2. The van der Waals surface area contributed by atoms with Gasteiger partial charge in [-0.1, -0.05) is 48.5 Å². The lowest BCUT2D eigenvalue weighted by Crippen LogP contribution is -2.56. The lowest BCUT2D eigenvalue weighted by atomic mass is 9.41. The molecule has 8 fully saturated rings. The number of hydrogen-bond acceptors (Lipinski definition) is 2. The SMILES string of the molecule is CCN1C(=O)c2ccc(cc2)C23CC4C[C@@H](C2)CC(C4)(C3)c2ccc(cc2)N(CC)C(=O)c2ccc(cc2)C23CC4C[C@H](C2)CC(C4)(C3)c2ccc1cc2. The molecule has 0 aromatic heterocycles. The van der Waals surface area contributed by atoms with Gasteiger partial charge in [-0.15, -0.1) is 0 Å². The maximum absolute atomic E-state index is 14.2. The van der Waals surface area contributed by atoms with Crippen LogP contribution < -0.4 is 9.80 Å². The fraction of sp³-hybridized carbons (Fsp3) is 0.480. The number of nitrogens with zero attached hydrogens (tertiary/aromatic N) is 2. The highest BCUT2D eigenvalue weighted by Crippen LogP contribution is 2.67. The van der Waals surface area contributed by atoms with Crippen molar-refractivity contribution >= 4 is 23.2 Å². The maximum Gasteiger partial charge on any atom is 0.258 e. The summed E-state index contributed by atoms with van der Waals surface area (Å²) in [4.78, 5) is 32.3. The van der Waals surface area contributed by atoms with E-state index >= 15 is 0 Å². The van der Waals surface area contributed by atoms with E-state index in [-0.39, 0.29) is 33.5 Å². The number of hydrogen-bond donors (Lipinski definition) is 0. The summed E-state index contributed by atoms with van der Waals surface area (Å²) in [6, 6.07) is 36.0. The predicted octanol–water partition coefficient (Wildman–Crippen LogP) is 10.9. The summed E-state index contributed by atoms with van der Waals surface area (Å²) in [5, 5.41) is 0. The molecule has 6 unspecified atom stereocenters. The molecule has 15 aliphatic rings. The molecule has 276 valence electrons. The summed E-state index contributed by atoms with van der Waals surface area (Å²) in [6.45, 7) is 5.48. The van der Waals surface area contributed by atoms with Gasteiger partial charge >= 0.3 is 0 Å². The van der Waals surface area contributed by atoms with Crippen LogP contribution in [-0.2, 0) is 21.7 Å². The summed E-state index contributed by atoms with van der Waals surface area (Å²) in [6.07, 6.45) is 15.1. The van der Waals surface area contributed by atoms with Crippen LogP contribution in [0.2, 0.25) is 0 Å². The van der Waals surface area contributed by atoms with Crippen molar-refractivity contribution < 1.29 is 9.59 Å². The Kier molecular flexibility index (Phi) is 7.17. The van der Waals surface area contributed by atoms with Crippen LogP contribution in [0.4, 0.5) is 11.4 Å². The lowest BCUT2D eigenvalue weighted by molar-refractivity contribution is -0.0283. The van der Waals surface area contributed by atoms with Crippen molar-refractivity contribution in [3.8, 4) is 0 Å². The van der Waals surface area contributed by atoms with Gasteiger partial charge < -0.3 is 9.80 Å². The van der Waals surface area contributed by atoms with Gasteiger partial charge in [-0.05, 0) is 207 Å². The first-order valence-corrected chi connectivity index (χ1v) is 21.3. The largest absolute Gasteiger partial charge is 0.309 e. The van der Waals surface area contributed by atoms with E-state index in [1.165, 1.54) is 99.3 Å².